The molecule has 1 fully saturated rings. The highest BCUT2D eigenvalue weighted by molar-refractivity contribution is 5.51. The molecule has 0 spiro atoms. The van der Waals surface area contributed by atoms with E-state index < -0.39 is 0 Å². The summed E-state index contributed by atoms with van der Waals surface area (Å²) in [6, 6.07) is 0.631. The standard InChI is InChI=1S/C12H22N4/c1-9-5-4-8-16(9)12-11(6-7-13)10(2)14-15(12)3/h9H,4-8,13H2,1-3H3. The third-order valence-corrected chi connectivity index (χ3v) is 3.53. The minimum Gasteiger partial charge on any atom is -0.354 e. The van der Waals surface area contributed by atoms with E-state index in [-0.39, 0.29) is 0 Å². The summed E-state index contributed by atoms with van der Waals surface area (Å²) in [5.41, 5.74) is 8.14. The molecule has 1 unspecified atom stereocenters. The largest absolute Gasteiger partial charge is 0.354 e. The molecule has 1 aromatic rings. The fourth-order valence-corrected chi connectivity index (χ4v) is 2.73. The topological polar surface area (TPSA) is 47.1 Å². The van der Waals surface area contributed by atoms with E-state index in [9.17, 15) is 0 Å². The lowest BCUT2D eigenvalue weighted by Gasteiger charge is -2.25. The summed E-state index contributed by atoms with van der Waals surface area (Å²) >= 11 is 0. The minimum absolute atomic E-state index is 0.631. The summed E-state index contributed by atoms with van der Waals surface area (Å²) in [5.74, 6) is 1.29. The van der Waals surface area contributed by atoms with Gasteiger partial charge in [0.2, 0.25) is 0 Å². The van der Waals surface area contributed by atoms with E-state index in [2.05, 4.69) is 23.8 Å². The Morgan fingerprint density at radius 1 is 1.50 bits per heavy atom. The van der Waals surface area contributed by atoms with Gasteiger partial charge in [-0.05, 0) is 39.7 Å². The summed E-state index contributed by atoms with van der Waals surface area (Å²) in [6.07, 6.45) is 3.50. The highest BCUT2D eigenvalue weighted by Crippen LogP contribution is 2.30. The molecule has 0 aliphatic carbocycles. The lowest BCUT2D eigenvalue weighted by molar-refractivity contribution is 0.676. The molecule has 16 heavy (non-hydrogen) atoms. The first-order chi connectivity index (χ1) is 7.65. The Hall–Kier alpha value is -1.03. The maximum absolute atomic E-state index is 5.69. The van der Waals surface area contributed by atoms with Crippen molar-refractivity contribution in [1.29, 1.82) is 0 Å². The fraction of sp³-hybridized carbons (Fsp3) is 0.750. The molecule has 2 N–H and O–H groups in total. The molecule has 4 heteroatoms. The molecular weight excluding hydrogens is 200 g/mol. The van der Waals surface area contributed by atoms with Crippen LogP contribution < -0.4 is 10.6 Å². The van der Waals surface area contributed by atoms with Crippen LogP contribution in [0.5, 0.6) is 0 Å². The zero-order valence-electron chi connectivity index (χ0n) is 10.5. The van der Waals surface area contributed by atoms with Gasteiger partial charge in [-0.1, -0.05) is 0 Å². The predicted octanol–water partition coefficient (Wildman–Crippen LogP) is 1.22. The van der Waals surface area contributed by atoms with Crippen LogP contribution in [0.15, 0.2) is 0 Å². The van der Waals surface area contributed by atoms with Crippen molar-refractivity contribution in [3.8, 4) is 0 Å². The molecule has 1 aromatic heterocycles. The highest BCUT2D eigenvalue weighted by atomic mass is 15.4. The number of nitrogens with zero attached hydrogens (tertiary/aromatic N) is 3. The number of aryl methyl sites for hydroxylation is 2. The van der Waals surface area contributed by atoms with Crippen molar-refractivity contribution < 1.29 is 0 Å². The molecule has 90 valence electrons. The van der Waals surface area contributed by atoms with Crippen molar-refractivity contribution >= 4 is 5.82 Å². The van der Waals surface area contributed by atoms with Gasteiger partial charge in [-0.3, -0.25) is 4.68 Å². The van der Waals surface area contributed by atoms with Gasteiger partial charge in [0.1, 0.15) is 5.82 Å². The van der Waals surface area contributed by atoms with E-state index in [1.165, 1.54) is 24.2 Å². The van der Waals surface area contributed by atoms with E-state index in [0.717, 1.165) is 18.7 Å². The normalized spacial score (nSPS) is 20.8. The van der Waals surface area contributed by atoms with E-state index in [4.69, 9.17) is 5.73 Å². The van der Waals surface area contributed by atoms with Gasteiger partial charge in [-0.25, -0.2) is 0 Å². The zero-order chi connectivity index (χ0) is 11.7. The second-order valence-electron chi connectivity index (χ2n) is 4.73. The second-order valence-corrected chi connectivity index (χ2v) is 4.73. The first-order valence-corrected chi connectivity index (χ1v) is 6.14. The van der Waals surface area contributed by atoms with E-state index in [1.807, 2.05) is 11.7 Å². The maximum Gasteiger partial charge on any atom is 0.130 e. The molecular formula is C12H22N4. The van der Waals surface area contributed by atoms with Crippen LogP contribution in [-0.4, -0.2) is 28.9 Å². The Morgan fingerprint density at radius 3 is 2.81 bits per heavy atom. The summed E-state index contributed by atoms with van der Waals surface area (Å²) in [5, 5.41) is 4.53. The van der Waals surface area contributed by atoms with Gasteiger partial charge in [-0.15, -0.1) is 0 Å². The van der Waals surface area contributed by atoms with Crippen LogP contribution >= 0.6 is 0 Å². The van der Waals surface area contributed by atoms with E-state index in [1.54, 1.807) is 0 Å². The summed E-state index contributed by atoms with van der Waals surface area (Å²) < 4.78 is 2.02. The monoisotopic (exact) mass is 222 g/mol. The first kappa shape index (κ1) is 11.5. The van der Waals surface area contributed by atoms with Crippen LogP contribution in [0.4, 0.5) is 5.82 Å². The van der Waals surface area contributed by atoms with Gasteiger partial charge in [0.25, 0.3) is 0 Å². The van der Waals surface area contributed by atoms with Crippen molar-refractivity contribution in [2.75, 3.05) is 18.0 Å². The number of anilines is 1. The molecule has 0 bridgehead atoms. The summed E-state index contributed by atoms with van der Waals surface area (Å²) in [4.78, 5) is 2.48. The second kappa shape index (κ2) is 4.45. The smallest absolute Gasteiger partial charge is 0.130 e. The van der Waals surface area contributed by atoms with Gasteiger partial charge in [0.15, 0.2) is 0 Å². The fourth-order valence-electron chi connectivity index (χ4n) is 2.73. The zero-order valence-corrected chi connectivity index (χ0v) is 10.5. The van der Waals surface area contributed by atoms with Gasteiger partial charge in [0.05, 0.1) is 5.69 Å². The van der Waals surface area contributed by atoms with Gasteiger partial charge < -0.3 is 10.6 Å². The molecule has 0 radical (unpaired) electrons. The molecule has 2 heterocycles. The maximum atomic E-state index is 5.69. The molecule has 0 saturated carbocycles. The summed E-state index contributed by atoms with van der Waals surface area (Å²) in [6.45, 7) is 6.22. The molecule has 1 saturated heterocycles. The van der Waals surface area contributed by atoms with Crippen molar-refractivity contribution in [3.63, 3.8) is 0 Å². The van der Waals surface area contributed by atoms with Crippen molar-refractivity contribution in [2.45, 2.75) is 39.2 Å². The molecule has 2 rings (SSSR count). The third kappa shape index (κ3) is 1.82. The number of nitrogens with two attached hydrogens (primary N) is 1. The average Bonchev–Trinajstić information content (AvgIpc) is 2.73. The Morgan fingerprint density at radius 2 is 2.25 bits per heavy atom. The van der Waals surface area contributed by atoms with Crippen LogP contribution in [-0.2, 0) is 13.5 Å². The van der Waals surface area contributed by atoms with Crippen LogP contribution in [0.3, 0.4) is 0 Å². The number of hydrogen-bond donors (Lipinski definition) is 1. The number of aromatic nitrogens is 2. The van der Waals surface area contributed by atoms with Gasteiger partial charge in [-0.2, -0.15) is 5.10 Å². The van der Waals surface area contributed by atoms with Crippen molar-refractivity contribution in [2.24, 2.45) is 12.8 Å². The molecule has 1 aliphatic rings. The molecule has 1 aliphatic heterocycles. The van der Waals surface area contributed by atoms with Crippen molar-refractivity contribution in [3.05, 3.63) is 11.3 Å². The van der Waals surface area contributed by atoms with E-state index in [0.29, 0.717) is 12.6 Å². The third-order valence-electron chi connectivity index (χ3n) is 3.53. The Labute approximate surface area is 97.4 Å². The number of hydrogen-bond acceptors (Lipinski definition) is 3. The first-order valence-electron chi connectivity index (χ1n) is 6.14. The van der Waals surface area contributed by atoms with Crippen LogP contribution in [0.25, 0.3) is 0 Å². The van der Waals surface area contributed by atoms with Crippen LogP contribution in [0.1, 0.15) is 31.0 Å². The molecule has 0 amide bonds. The SMILES string of the molecule is Cc1nn(C)c(N2CCCC2C)c1CCN. The Kier molecular flexibility index (Phi) is 3.19. The molecule has 0 aromatic carbocycles. The summed E-state index contributed by atoms with van der Waals surface area (Å²) in [7, 11) is 2.04. The van der Waals surface area contributed by atoms with Crippen LogP contribution in [0.2, 0.25) is 0 Å². The average molecular weight is 222 g/mol. The van der Waals surface area contributed by atoms with Crippen molar-refractivity contribution in [1.82, 2.24) is 9.78 Å². The van der Waals surface area contributed by atoms with Crippen LogP contribution in [0, 0.1) is 6.92 Å². The quantitative estimate of drug-likeness (QED) is 0.836. The lowest BCUT2D eigenvalue weighted by atomic mass is 10.1. The predicted molar refractivity (Wildman–Crippen MR) is 66.7 cm³/mol. The van der Waals surface area contributed by atoms with E-state index >= 15 is 0 Å². The number of rotatable bonds is 3. The van der Waals surface area contributed by atoms with Gasteiger partial charge in [0, 0.05) is 25.2 Å². The Bertz CT molecular complexity index is 369. The lowest BCUT2D eigenvalue weighted by Crippen LogP contribution is -2.29. The minimum atomic E-state index is 0.631. The molecule has 1 atom stereocenters. The highest BCUT2D eigenvalue weighted by Gasteiger charge is 2.26. The Balaban J connectivity index is 2.37. The molecule has 4 nitrogen and oxygen atoms in total. The van der Waals surface area contributed by atoms with Gasteiger partial charge >= 0.3 is 0 Å².